The molecule has 0 aromatic rings. The maximum atomic E-state index is 5.80. The van der Waals surface area contributed by atoms with E-state index in [0.717, 1.165) is 30.3 Å². The predicted molar refractivity (Wildman–Crippen MR) is 71.4 cm³/mol. The van der Waals surface area contributed by atoms with E-state index in [-0.39, 0.29) is 0 Å². The van der Waals surface area contributed by atoms with Gasteiger partial charge < -0.3 is 11.1 Å². The second-order valence-electron chi connectivity index (χ2n) is 5.87. The molecule has 0 amide bonds. The first-order valence-electron chi connectivity index (χ1n) is 7.10. The van der Waals surface area contributed by atoms with Crippen molar-refractivity contribution in [2.24, 2.45) is 23.5 Å². The van der Waals surface area contributed by atoms with E-state index in [1.54, 1.807) is 0 Å². The molecule has 1 rings (SSSR count). The van der Waals surface area contributed by atoms with Crippen LogP contribution in [0, 0.1) is 17.8 Å². The molecule has 0 radical (unpaired) electrons. The zero-order chi connectivity index (χ0) is 12.0. The molecule has 0 aromatic heterocycles. The van der Waals surface area contributed by atoms with Gasteiger partial charge in [-0.25, -0.2) is 0 Å². The average Bonchev–Trinajstić information content (AvgIpc) is 2.95. The highest BCUT2D eigenvalue weighted by molar-refractivity contribution is 4.92. The number of nitrogens with one attached hydrogen (secondary N) is 1. The lowest BCUT2D eigenvalue weighted by Crippen LogP contribution is -2.25. The van der Waals surface area contributed by atoms with E-state index in [1.165, 1.54) is 38.6 Å². The van der Waals surface area contributed by atoms with E-state index >= 15 is 0 Å². The van der Waals surface area contributed by atoms with E-state index in [0.29, 0.717) is 0 Å². The fraction of sp³-hybridized carbons (Fsp3) is 1.00. The van der Waals surface area contributed by atoms with Crippen molar-refractivity contribution in [1.29, 1.82) is 0 Å². The normalized spacial score (nSPS) is 26.1. The standard InChI is InChI=1S/C14H30N2/c1-4-5-13-9-14(13)16-7-6-12(10-15)8-11(2)3/h11-14,16H,4-10,15H2,1-3H3. The van der Waals surface area contributed by atoms with Crippen molar-refractivity contribution < 1.29 is 0 Å². The topological polar surface area (TPSA) is 38.0 Å². The van der Waals surface area contributed by atoms with E-state index in [9.17, 15) is 0 Å². The highest BCUT2D eigenvalue weighted by atomic mass is 15.0. The minimum atomic E-state index is 0.718. The third-order valence-corrected chi connectivity index (χ3v) is 3.68. The molecule has 16 heavy (non-hydrogen) atoms. The number of rotatable bonds is 9. The lowest BCUT2D eigenvalue weighted by molar-refractivity contribution is 0.383. The van der Waals surface area contributed by atoms with Crippen molar-refractivity contribution in [2.75, 3.05) is 13.1 Å². The summed E-state index contributed by atoms with van der Waals surface area (Å²) >= 11 is 0. The summed E-state index contributed by atoms with van der Waals surface area (Å²) in [5, 5.41) is 3.67. The summed E-state index contributed by atoms with van der Waals surface area (Å²) in [6.45, 7) is 8.87. The van der Waals surface area contributed by atoms with Crippen LogP contribution in [0.25, 0.3) is 0 Å². The summed E-state index contributed by atoms with van der Waals surface area (Å²) in [5.74, 6) is 2.48. The molecule has 0 aromatic carbocycles. The van der Waals surface area contributed by atoms with Crippen LogP contribution in [-0.2, 0) is 0 Å². The van der Waals surface area contributed by atoms with Crippen molar-refractivity contribution in [3.05, 3.63) is 0 Å². The maximum Gasteiger partial charge on any atom is 0.00991 e. The van der Waals surface area contributed by atoms with Crippen molar-refractivity contribution in [1.82, 2.24) is 5.32 Å². The molecular weight excluding hydrogens is 196 g/mol. The third kappa shape index (κ3) is 5.31. The summed E-state index contributed by atoms with van der Waals surface area (Å²) in [6.07, 6.45) is 6.68. The van der Waals surface area contributed by atoms with Crippen LogP contribution < -0.4 is 11.1 Å². The Morgan fingerprint density at radius 2 is 2.12 bits per heavy atom. The van der Waals surface area contributed by atoms with Gasteiger partial charge in [0.2, 0.25) is 0 Å². The van der Waals surface area contributed by atoms with Gasteiger partial charge in [-0.2, -0.15) is 0 Å². The van der Waals surface area contributed by atoms with Gasteiger partial charge in [0.1, 0.15) is 0 Å². The fourth-order valence-electron chi connectivity index (χ4n) is 2.66. The molecule has 3 atom stereocenters. The van der Waals surface area contributed by atoms with Gasteiger partial charge in [0.25, 0.3) is 0 Å². The first-order chi connectivity index (χ1) is 7.67. The molecule has 0 saturated heterocycles. The molecule has 1 fully saturated rings. The fourth-order valence-corrected chi connectivity index (χ4v) is 2.66. The van der Waals surface area contributed by atoms with E-state index in [4.69, 9.17) is 5.73 Å². The Morgan fingerprint density at radius 1 is 1.38 bits per heavy atom. The summed E-state index contributed by atoms with van der Waals surface area (Å²) in [6, 6.07) is 0.831. The van der Waals surface area contributed by atoms with E-state index in [2.05, 4.69) is 26.1 Å². The lowest BCUT2D eigenvalue weighted by Gasteiger charge is -2.17. The molecule has 0 bridgehead atoms. The van der Waals surface area contributed by atoms with Gasteiger partial charge in [-0.15, -0.1) is 0 Å². The zero-order valence-corrected chi connectivity index (χ0v) is 11.3. The molecule has 3 unspecified atom stereocenters. The van der Waals surface area contributed by atoms with Crippen molar-refractivity contribution in [3.8, 4) is 0 Å². The molecule has 2 heteroatoms. The Labute approximate surface area is 101 Å². The SMILES string of the molecule is CCCC1CC1NCCC(CN)CC(C)C. The summed E-state index contributed by atoms with van der Waals surface area (Å²) in [4.78, 5) is 0. The summed E-state index contributed by atoms with van der Waals surface area (Å²) in [7, 11) is 0. The van der Waals surface area contributed by atoms with Gasteiger partial charge in [0, 0.05) is 6.04 Å². The number of hydrogen-bond acceptors (Lipinski definition) is 2. The summed E-state index contributed by atoms with van der Waals surface area (Å²) < 4.78 is 0. The van der Waals surface area contributed by atoms with Crippen molar-refractivity contribution in [2.45, 2.75) is 58.9 Å². The molecular formula is C14H30N2. The van der Waals surface area contributed by atoms with Gasteiger partial charge in [-0.3, -0.25) is 0 Å². The second-order valence-corrected chi connectivity index (χ2v) is 5.87. The number of hydrogen-bond donors (Lipinski definition) is 2. The van der Waals surface area contributed by atoms with Crippen molar-refractivity contribution in [3.63, 3.8) is 0 Å². The van der Waals surface area contributed by atoms with Crippen LogP contribution >= 0.6 is 0 Å². The van der Waals surface area contributed by atoms with Gasteiger partial charge in [-0.1, -0.05) is 27.2 Å². The minimum absolute atomic E-state index is 0.718. The smallest absolute Gasteiger partial charge is 0.00991 e. The quantitative estimate of drug-likeness (QED) is 0.634. The Morgan fingerprint density at radius 3 is 2.69 bits per heavy atom. The molecule has 2 nitrogen and oxygen atoms in total. The van der Waals surface area contributed by atoms with Gasteiger partial charge in [0.05, 0.1) is 0 Å². The Kier molecular flexibility index (Phi) is 6.37. The van der Waals surface area contributed by atoms with Gasteiger partial charge >= 0.3 is 0 Å². The maximum absolute atomic E-state index is 5.80. The van der Waals surface area contributed by atoms with Crippen molar-refractivity contribution >= 4 is 0 Å². The van der Waals surface area contributed by atoms with Crippen LogP contribution in [0.15, 0.2) is 0 Å². The number of nitrogens with two attached hydrogens (primary N) is 1. The minimum Gasteiger partial charge on any atom is -0.330 e. The monoisotopic (exact) mass is 226 g/mol. The first kappa shape index (κ1) is 14.0. The van der Waals surface area contributed by atoms with Crippen LogP contribution in [0.1, 0.15) is 52.9 Å². The lowest BCUT2D eigenvalue weighted by atomic mass is 9.94. The molecule has 0 spiro atoms. The average molecular weight is 226 g/mol. The highest BCUT2D eigenvalue weighted by Crippen LogP contribution is 2.34. The molecule has 0 aliphatic heterocycles. The van der Waals surface area contributed by atoms with E-state index in [1.807, 2.05) is 0 Å². The molecule has 1 saturated carbocycles. The molecule has 96 valence electrons. The molecule has 0 heterocycles. The van der Waals surface area contributed by atoms with Gasteiger partial charge in [-0.05, 0) is 56.5 Å². The van der Waals surface area contributed by atoms with Crippen LogP contribution in [0.3, 0.4) is 0 Å². The van der Waals surface area contributed by atoms with Crippen LogP contribution in [0.2, 0.25) is 0 Å². The Balaban J connectivity index is 2.01. The van der Waals surface area contributed by atoms with Crippen LogP contribution in [0.4, 0.5) is 0 Å². The van der Waals surface area contributed by atoms with Gasteiger partial charge in [0.15, 0.2) is 0 Å². The van der Waals surface area contributed by atoms with E-state index < -0.39 is 0 Å². The highest BCUT2D eigenvalue weighted by Gasteiger charge is 2.35. The Hall–Kier alpha value is -0.0800. The summed E-state index contributed by atoms with van der Waals surface area (Å²) in [5.41, 5.74) is 5.80. The molecule has 1 aliphatic carbocycles. The predicted octanol–water partition coefficient (Wildman–Crippen LogP) is 2.78. The molecule has 3 N–H and O–H groups in total. The van der Waals surface area contributed by atoms with Crippen LogP contribution in [-0.4, -0.2) is 19.1 Å². The largest absolute Gasteiger partial charge is 0.330 e. The Bertz CT molecular complexity index is 180. The third-order valence-electron chi connectivity index (χ3n) is 3.68. The molecule has 1 aliphatic rings. The van der Waals surface area contributed by atoms with Crippen LogP contribution in [0.5, 0.6) is 0 Å². The second kappa shape index (κ2) is 7.29. The first-order valence-corrected chi connectivity index (χ1v) is 7.10. The zero-order valence-electron chi connectivity index (χ0n) is 11.3.